The third-order valence-electron chi connectivity index (χ3n) is 7.59. The Balaban J connectivity index is 1.30. The molecule has 0 spiro atoms. The van der Waals surface area contributed by atoms with Crippen molar-refractivity contribution in [3.63, 3.8) is 0 Å². The Hall–Kier alpha value is -3.82. The number of rotatable bonds is 15. The van der Waals surface area contributed by atoms with Crippen LogP contribution in [0.5, 0.6) is 5.75 Å². The molecule has 6 rings (SSSR count). The lowest BCUT2D eigenvalue weighted by Crippen LogP contribution is -2.62. The van der Waals surface area contributed by atoms with E-state index in [9.17, 15) is 0 Å². The van der Waals surface area contributed by atoms with Gasteiger partial charge in [-0.1, -0.05) is 121 Å². The Labute approximate surface area is 269 Å². The molecule has 0 bridgehead atoms. The molecule has 1 fully saturated rings. The third kappa shape index (κ3) is 9.11. The summed E-state index contributed by atoms with van der Waals surface area (Å²) in [7, 11) is 0. The normalized spacial score (nSPS) is 21.4. The Kier molecular flexibility index (Phi) is 11.4. The topological polar surface area (TPSA) is 55.4 Å². The number of hydrogen-bond donors (Lipinski definition) is 0. The molecule has 1 saturated heterocycles. The van der Waals surface area contributed by atoms with Crippen molar-refractivity contribution < 1.29 is 28.4 Å². The monoisotopic (exact) mass is 622 g/mol. The highest BCUT2D eigenvalue weighted by Gasteiger charge is 2.49. The molecule has 0 amide bonds. The molecule has 7 heteroatoms. The van der Waals surface area contributed by atoms with Crippen LogP contribution in [0, 0.1) is 0 Å². The first-order chi connectivity index (χ1) is 22.3. The molecular weight excluding hydrogens is 584 g/mol. The molecule has 1 aliphatic rings. The molecule has 232 valence electrons. The molecule has 0 aliphatic carbocycles. The molecular formula is C38H38O6S. The number of benzene rings is 4. The molecule has 0 N–H and O–H groups in total. The SMILES string of the molecule is c1ccc(COC[C@H]2O[C@H](Oc3ccsc3)[C@H](OCc3ccccc3)[C@@H](OCc3ccccc3)[C@@H]2OCc2ccccc2)cc1. The quantitative estimate of drug-likeness (QED) is 0.119. The highest BCUT2D eigenvalue weighted by atomic mass is 32.1. The zero-order valence-corrected chi connectivity index (χ0v) is 25.9. The van der Waals surface area contributed by atoms with Gasteiger partial charge in [-0.25, -0.2) is 0 Å². The first-order valence-electron chi connectivity index (χ1n) is 15.2. The molecule has 0 saturated carbocycles. The summed E-state index contributed by atoms with van der Waals surface area (Å²) in [5.41, 5.74) is 4.24. The van der Waals surface area contributed by atoms with Gasteiger partial charge in [-0.05, 0) is 33.7 Å². The second-order valence-corrected chi connectivity index (χ2v) is 11.7. The van der Waals surface area contributed by atoms with Crippen molar-refractivity contribution in [1.82, 2.24) is 0 Å². The van der Waals surface area contributed by atoms with E-state index in [-0.39, 0.29) is 6.61 Å². The van der Waals surface area contributed by atoms with E-state index in [1.165, 1.54) is 0 Å². The fourth-order valence-corrected chi connectivity index (χ4v) is 5.85. The second kappa shape index (κ2) is 16.5. The van der Waals surface area contributed by atoms with E-state index in [1.54, 1.807) is 11.3 Å². The third-order valence-corrected chi connectivity index (χ3v) is 8.25. The summed E-state index contributed by atoms with van der Waals surface area (Å²) >= 11 is 1.56. The van der Waals surface area contributed by atoms with Gasteiger partial charge in [-0.3, -0.25) is 0 Å². The summed E-state index contributed by atoms with van der Waals surface area (Å²) in [5.74, 6) is 0.715. The van der Waals surface area contributed by atoms with Gasteiger partial charge in [0.2, 0.25) is 6.29 Å². The standard InChI is InChI=1S/C38H38O6S/c1-5-13-29(14-6-1)23-39-27-34-35(40-24-30-15-7-2-8-16-30)36(41-25-31-17-9-3-10-18-31)37(42-26-32-19-11-4-12-20-32)38(44-34)43-33-21-22-45-28-33/h1-22,28,34-38H,23-27H2/t34-,35-,36+,37-,38+/m1/s1. The highest BCUT2D eigenvalue weighted by molar-refractivity contribution is 7.08. The summed E-state index contributed by atoms with van der Waals surface area (Å²) in [6, 6.07) is 42.4. The predicted octanol–water partition coefficient (Wildman–Crippen LogP) is 7.82. The largest absolute Gasteiger partial charge is 0.461 e. The van der Waals surface area contributed by atoms with E-state index >= 15 is 0 Å². The smallest absolute Gasteiger partial charge is 0.229 e. The number of ether oxygens (including phenoxy) is 6. The van der Waals surface area contributed by atoms with Crippen molar-refractivity contribution in [2.45, 2.75) is 57.1 Å². The first kappa shape index (κ1) is 31.2. The summed E-state index contributed by atoms with van der Waals surface area (Å²) in [5, 5.41) is 3.93. The second-order valence-electron chi connectivity index (χ2n) is 10.9. The Morgan fingerprint density at radius 2 is 0.978 bits per heavy atom. The molecule has 2 heterocycles. The fraction of sp³-hybridized carbons (Fsp3) is 0.263. The lowest BCUT2D eigenvalue weighted by atomic mass is 9.97. The van der Waals surface area contributed by atoms with Gasteiger partial charge in [0.25, 0.3) is 0 Å². The van der Waals surface area contributed by atoms with Crippen LogP contribution >= 0.6 is 11.3 Å². The Bertz CT molecular complexity index is 1500. The first-order valence-corrected chi connectivity index (χ1v) is 16.2. The van der Waals surface area contributed by atoms with Gasteiger partial charge in [0.1, 0.15) is 30.2 Å². The molecule has 5 aromatic rings. The van der Waals surface area contributed by atoms with Crippen LogP contribution in [0.3, 0.4) is 0 Å². The summed E-state index contributed by atoms with van der Waals surface area (Å²) in [4.78, 5) is 0. The van der Waals surface area contributed by atoms with Gasteiger partial charge in [-0.15, -0.1) is 11.3 Å². The average molecular weight is 623 g/mol. The van der Waals surface area contributed by atoms with E-state index in [1.807, 2.05) is 114 Å². The maximum Gasteiger partial charge on any atom is 0.229 e. The summed E-state index contributed by atoms with van der Waals surface area (Å²) in [6.07, 6.45) is -2.88. The van der Waals surface area contributed by atoms with Crippen molar-refractivity contribution in [2.24, 2.45) is 0 Å². The van der Waals surface area contributed by atoms with Gasteiger partial charge in [0.05, 0.1) is 33.0 Å². The van der Waals surface area contributed by atoms with Gasteiger partial charge in [0, 0.05) is 5.38 Å². The minimum atomic E-state index is -0.758. The molecule has 45 heavy (non-hydrogen) atoms. The molecule has 6 nitrogen and oxygen atoms in total. The molecule has 4 aromatic carbocycles. The van der Waals surface area contributed by atoms with Crippen LogP contribution in [0.4, 0.5) is 0 Å². The van der Waals surface area contributed by atoms with Crippen molar-refractivity contribution in [2.75, 3.05) is 6.61 Å². The van der Waals surface area contributed by atoms with Crippen LogP contribution < -0.4 is 4.74 Å². The zero-order valence-electron chi connectivity index (χ0n) is 25.1. The van der Waals surface area contributed by atoms with E-state index in [2.05, 4.69) is 24.3 Å². The lowest BCUT2D eigenvalue weighted by Gasteiger charge is -2.45. The van der Waals surface area contributed by atoms with Crippen molar-refractivity contribution >= 4 is 11.3 Å². The highest BCUT2D eigenvalue weighted by Crippen LogP contribution is 2.33. The van der Waals surface area contributed by atoms with Crippen molar-refractivity contribution in [1.29, 1.82) is 0 Å². The minimum absolute atomic E-state index is 0.286. The molecule has 1 aromatic heterocycles. The van der Waals surface area contributed by atoms with Crippen LogP contribution in [0.25, 0.3) is 0 Å². The van der Waals surface area contributed by atoms with Crippen molar-refractivity contribution in [3.8, 4) is 5.75 Å². The van der Waals surface area contributed by atoms with E-state index in [0.29, 0.717) is 32.2 Å². The van der Waals surface area contributed by atoms with Gasteiger partial charge in [-0.2, -0.15) is 0 Å². The lowest BCUT2D eigenvalue weighted by molar-refractivity contribution is -0.310. The maximum atomic E-state index is 6.75. The zero-order chi connectivity index (χ0) is 30.5. The number of hydrogen-bond acceptors (Lipinski definition) is 7. The predicted molar refractivity (Wildman–Crippen MR) is 175 cm³/mol. The van der Waals surface area contributed by atoms with Crippen LogP contribution in [-0.2, 0) is 50.1 Å². The van der Waals surface area contributed by atoms with Gasteiger partial charge < -0.3 is 28.4 Å². The maximum absolute atomic E-state index is 6.75. The Morgan fingerprint density at radius 1 is 0.511 bits per heavy atom. The van der Waals surface area contributed by atoms with Crippen LogP contribution in [0.15, 0.2) is 138 Å². The number of thiophene rings is 1. The molecule has 0 unspecified atom stereocenters. The van der Waals surface area contributed by atoms with Crippen LogP contribution in [-0.4, -0.2) is 37.3 Å². The minimum Gasteiger partial charge on any atom is -0.461 e. The molecule has 1 aliphatic heterocycles. The van der Waals surface area contributed by atoms with Gasteiger partial charge >= 0.3 is 0 Å². The van der Waals surface area contributed by atoms with Crippen LogP contribution in [0.1, 0.15) is 22.3 Å². The summed E-state index contributed by atoms with van der Waals surface area (Å²) in [6.45, 7) is 1.87. The molecule has 0 radical (unpaired) electrons. The summed E-state index contributed by atoms with van der Waals surface area (Å²) < 4.78 is 39.5. The van der Waals surface area contributed by atoms with Crippen LogP contribution in [0.2, 0.25) is 0 Å². The van der Waals surface area contributed by atoms with E-state index in [4.69, 9.17) is 28.4 Å². The van der Waals surface area contributed by atoms with Gasteiger partial charge in [0.15, 0.2) is 0 Å². The van der Waals surface area contributed by atoms with E-state index in [0.717, 1.165) is 22.3 Å². The average Bonchev–Trinajstić information content (AvgIpc) is 3.61. The Morgan fingerprint density at radius 3 is 1.47 bits per heavy atom. The molecule has 5 atom stereocenters. The fourth-order valence-electron chi connectivity index (χ4n) is 5.30. The van der Waals surface area contributed by atoms with E-state index < -0.39 is 30.7 Å². The van der Waals surface area contributed by atoms with Crippen molar-refractivity contribution in [3.05, 3.63) is 160 Å².